The van der Waals surface area contributed by atoms with Gasteiger partial charge in [-0.25, -0.2) is 4.39 Å². The monoisotopic (exact) mass is 346 g/mol. The molecule has 0 spiro atoms. The first-order chi connectivity index (χ1) is 8.63. The second-order valence-corrected chi connectivity index (χ2v) is 6.50. The SMILES string of the molecule is CCc1ccsc1C(Br)Cc1c(F)cccc1Cl. The fraction of sp³-hybridized carbons (Fsp3) is 0.286. The van der Waals surface area contributed by atoms with Gasteiger partial charge in [-0.2, -0.15) is 0 Å². The zero-order valence-electron chi connectivity index (χ0n) is 9.92. The number of aryl methyl sites for hydroxylation is 1. The van der Waals surface area contributed by atoms with Gasteiger partial charge < -0.3 is 0 Å². The highest BCUT2D eigenvalue weighted by Crippen LogP contribution is 2.36. The minimum absolute atomic E-state index is 0.113. The van der Waals surface area contributed by atoms with E-state index in [1.807, 2.05) is 0 Å². The Labute approximate surface area is 124 Å². The van der Waals surface area contributed by atoms with Crippen LogP contribution in [0, 0.1) is 5.82 Å². The van der Waals surface area contributed by atoms with Crippen LogP contribution in [0.15, 0.2) is 29.6 Å². The molecule has 1 unspecified atom stereocenters. The molecule has 0 aliphatic heterocycles. The van der Waals surface area contributed by atoms with Crippen LogP contribution in [0.2, 0.25) is 5.02 Å². The van der Waals surface area contributed by atoms with Gasteiger partial charge >= 0.3 is 0 Å². The summed E-state index contributed by atoms with van der Waals surface area (Å²) in [5, 5.41) is 2.57. The molecule has 2 rings (SSSR count). The van der Waals surface area contributed by atoms with E-state index in [9.17, 15) is 4.39 Å². The summed E-state index contributed by atoms with van der Waals surface area (Å²) >= 11 is 11.4. The molecule has 4 heteroatoms. The van der Waals surface area contributed by atoms with E-state index in [2.05, 4.69) is 34.3 Å². The molecule has 0 saturated carbocycles. The van der Waals surface area contributed by atoms with Crippen LogP contribution >= 0.6 is 38.9 Å². The highest BCUT2D eigenvalue weighted by atomic mass is 79.9. The van der Waals surface area contributed by atoms with Gasteiger partial charge in [-0.05, 0) is 42.0 Å². The largest absolute Gasteiger partial charge is 0.207 e. The Kier molecular flexibility index (Phi) is 4.82. The molecule has 0 radical (unpaired) electrons. The van der Waals surface area contributed by atoms with Crippen LogP contribution in [0.1, 0.15) is 27.8 Å². The maximum atomic E-state index is 13.7. The highest BCUT2D eigenvalue weighted by molar-refractivity contribution is 9.09. The number of thiophene rings is 1. The molecule has 0 saturated heterocycles. The van der Waals surface area contributed by atoms with Gasteiger partial charge in [-0.15, -0.1) is 11.3 Å². The van der Waals surface area contributed by atoms with E-state index in [1.54, 1.807) is 23.5 Å². The fourth-order valence-corrected chi connectivity index (χ4v) is 4.07. The summed E-state index contributed by atoms with van der Waals surface area (Å²) < 4.78 is 13.7. The van der Waals surface area contributed by atoms with Crippen molar-refractivity contribution in [2.75, 3.05) is 0 Å². The lowest BCUT2D eigenvalue weighted by molar-refractivity contribution is 0.608. The molecule has 0 nitrogen and oxygen atoms in total. The van der Waals surface area contributed by atoms with E-state index in [0.29, 0.717) is 17.0 Å². The van der Waals surface area contributed by atoms with Crippen molar-refractivity contribution < 1.29 is 4.39 Å². The number of halogens is 3. The van der Waals surface area contributed by atoms with Gasteiger partial charge in [0.05, 0.1) is 4.83 Å². The molecular formula is C14H13BrClFS. The number of hydrogen-bond acceptors (Lipinski definition) is 1. The van der Waals surface area contributed by atoms with Gasteiger partial charge in [0.1, 0.15) is 5.82 Å². The molecule has 1 aromatic heterocycles. The quantitative estimate of drug-likeness (QED) is 0.615. The second-order valence-electron chi connectivity index (χ2n) is 4.04. The van der Waals surface area contributed by atoms with Crippen LogP contribution in [-0.2, 0) is 12.8 Å². The van der Waals surface area contributed by atoms with Gasteiger partial charge in [-0.1, -0.05) is 40.5 Å². The molecule has 0 aliphatic carbocycles. The molecule has 0 N–H and O–H groups in total. The first-order valence-electron chi connectivity index (χ1n) is 5.76. The summed E-state index contributed by atoms with van der Waals surface area (Å²) in [6.45, 7) is 2.13. The lowest BCUT2D eigenvalue weighted by Crippen LogP contribution is -1.99. The minimum Gasteiger partial charge on any atom is -0.207 e. The van der Waals surface area contributed by atoms with Crippen molar-refractivity contribution >= 4 is 38.9 Å². The summed E-state index contributed by atoms with van der Waals surface area (Å²) in [5.41, 5.74) is 1.89. The molecular weight excluding hydrogens is 335 g/mol. The summed E-state index contributed by atoms with van der Waals surface area (Å²) in [5.74, 6) is -0.235. The topological polar surface area (TPSA) is 0 Å². The van der Waals surface area contributed by atoms with Crippen molar-refractivity contribution in [1.29, 1.82) is 0 Å². The van der Waals surface area contributed by atoms with Crippen LogP contribution in [0.5, 0.6) is 0 Å². The van der Waals surface area contributed by atoms with Crippen molar-refractivity contribution in [3.05, 3.63) is 56.5 Å². The Morgan fingerprint density at radius 2 is 2.17 bits per heavy atom. The molecule has 0 amide bonds. The van der Waals surface area contributed by atoms with Gasteiger partial charge in [-0.3, -0.25) is 0 Å². The van der Waals surface area contributed by atoms with Gasteiger partial charge in [0.15, 0.2) is 0 Å². The normalized spacial score (nSPS) is 12.7. The first kappa shape index (κ1) is 14.0. The van der Waals surface area contributed by atoms with Crippen LogP contribution in [0.4, 0.5) is 4.39 Å². The number of alkyl halides is 1. The standard InChI is InChI=1S/C14H13BrClFS/c1-2-9-6-7-18-14(9)11(15)8-10-12(16)4-3-5-13(10)17/h3-7,11H,2,8H2,1H3. The van der Waals surface area contributed by atoms with E-state index in [0.717, 1.165) is 6.42 Å². The first-order valence-corrected chi connectivity index (χ1v) is 7.94. The average molecular weight is 348 g/mol. The lowest BCUT2D eigenvalue weighted by Gasteiger charge is -2.12. The van der Waals surface area contributed by atoms with E-state index in [-0.39, 0.29) is 10.6 Å². The minimum atomic E-state index is -0.235. The molecule has 2 aromatic rings. The van der Waals surface area contributed by atoms with Crippen molar-refractivity contribution in [2.24, 2.45) is 0 Å². The van der Waals surface area contributed by atoms with E-state index < -0.39 is 0 Å². The molecule has 96 valence electrons. The maximum absolute atomic E-state index is 13.7. The molecule has 0 aliphatic rings. The summed E-state index contributed by atoms with van der Waals surface area (Å²) in [7, 11) is 0. The molecule has 0 bridgehead atoms. The third-order valence-electron chi connectivity index (χ3n) is 2.89. The van der Waals surface area contributed by atoms with Crippen LogP contribution in [-0.4, -0.2) is 0 Å². The highest BCUT2D eigenvalue weighted by Gasteiger charge is 2.17. The van der Waals surface area contributed by atoms with Crippen molar-refractivity contribution in [3.8, 4) is 0 Å². The molecule has 1 heterocycles. The van der Waals surface area contributed by atoms with Gasteiger partial charge in [0, 0.05) is 15.5 Å². The zero-order valence-corrected chi connectivity index (χ0v) is 13.1. The Bertz CT molecular complexity index is 518. The van der Waals surface area contributed by atoms with Gasteiger partial charge in [0.25, 0.3) is 0 Å². The third-order valence-corrected chi connectivity index (χ3v) is 5.40. The summed E-state index contributed by atoms with van der Waals surface area (Å²) in [4.78, 5) is 1.37. The van der Waals surface area contributed by atoms with E-state index in [1.165, 1.54) is 16.5 Å². The van der Waals surface area contributed by atoms with Crippen molar-refractivity contribution in [3.63, 3.8) is 0 Å². The van der Waals surface area contributed by atoms with E-state index in [4.69, 9.17) is 11.6 Å². The Morgan fingerprint density at radius 1 is 1.39 bits per heavy atom. The Hall–Kier alpha value is -0.380. The average Bonchev–Trinajstić information content (AvgIpc) is 2.82. The van der Waals surface area contributed by atoms with Crippen molar-refractivity contribution in [1.82, 2.24) is 0 Å². The predicted octanol–water partition coefficient (Wildman–Crippen LogP) is 5.78. The van der Waals surface area contributed by atoms with Gasteiger partial charge in [0.2, 0.25) is 0 Å². The zero-order chi connectivity index (χ0) is 13.1. The molecule has 1 aromatic carbocycles. The predicted molar refractivity (Wildman–Crippen MR) is 80.5 cm³/mol. The van der Waals surface area contributed by atoms with E-state index >= 15 is 0 Å². The van der Waals surface area contributed by atoms with Crippen molar-refractivity contribution in [2.45, 2.75) is 24.6 Å². The summed E-state index contributed by atoms with van der Waals surface area (Å²) in [6.07, 6.45) is 1.56. The van der Waals surface area contributed by atoms with Crippen LogP contribution in [0.25, 0.3) is 0 Å². The molecule has 0 fully saturated rings. The fourth-order valence-electron chi connectivity index (χ4n) is 1.91. The number of hydrogen-bond donors (Lipinski definition) is 0. The van der Waals surface area contributed by atoms with Crippen LogP contribution in [0.3, 0.4) is 0 Å². The smallest absolute Gasteiger partial charge is 0.127 e. The molecule has 18 heavy (non-hydrogen) atoms. The van der Waals surface area contributed by atoms with Crippen LogP contribution < -0.4 is 0 Å². The lowest BCUT2D eigenvalue weighted by atomic mass is 10.1. The summed E-state index contributed by atoms with van der Waals surface area (Å²) in [6, 6.07) is 6.94. The maximum Gasteiger partial charge on any atom is 0.127 e. The number of rotatable bonds is 4. The Balaban J connectivity index is 2.24. The Morgan fingerprint density at radius 3 is 2.83 bits per heavy atom. The molecule has 1 atom stereocenters. The third kappa shape index (κ3) is 2.95. The second kappa shape index (κ2) is 6.18. The number of benzene rings is 1.